The largest absolute Gasteiger partial charge is 0.479 e. The number of rotatable bonds is 4. The summed E-state index contributed by atoms with van der Waals surface area (Å²) in [5, 5.41) is 18.8. The number of aliphatic hydroxyl groups is 1. The standard InChI is InChI=1S/C11H20O4/c1-6-11(15,9(13)14)7(2)8(12)10(3,4)5/h7,15H,6H2,1-5H3,(H,13,14). The Hall–Kier alpha value is -0.900. The van der Waals surface area contributed by atoms with Crippen LogP contribution in [0.25, 0.3) is 0 Å². The molecule has 88 valence electrons. The molecular weight excluding hydrogens is 196 g/mol. The smallest absolute Gasteiger partial charge is 0.336 e. The van der Waals surface area contributed by atoms with Crippen molar-refractivity contribution in [2.45, 2.75) is 46.6 Å². The van der Waals surface area contributed by atoms with Crippen LogP contribution in [0, 0.1) is 11.3 Å². The second kappa shape index (κ2) is 4.31. The summed E-state index contributed by atoms with van der Waals surface area (Å²) in [4.78, 5) is 22.8. The van der Waals surface area contributed by atoms with Gasteiger partial charge in [0.25, 0.3) is 0 Å². The number of Topliss-reactive ketones (excluding diaryl/α,β-unsaturated/α-hetero) is 1. The SMILES string of the molecule is CCC(O)(C(=O)O)C(C)C(=O)C(C)(C)C. The molecule has 4 heteroatoms. The molecule has 0 fully saturated rings. The molecule has 0 heterocycles. The topological polar surface area (TPSA) is 74.6 Å². The van der Waals surface area contributed by atoms with Crippen LogP contribution in [0.15, 0.2) is 0 Å². The zero-order valence-electron chi connectivity index (χ0n) is 10.00. The summed E-state index contributed by atoms with van der Waals surface area (Å²) in [6.07, 6.45) is 0.0192. The molecule has 2 atom stereocenters. The van der Waals surface area contributed by atoms with Crippen LogP contribution in [0.5, 0.6) is 0 Å². The maximum absolute atomic E-state index is 11.9. The minimum Gasteiger partial charge on any atom is -0.479 e. The van der Waals surface area contributed by atoms with E-state index >= 15 is 0 Å². The minimum atomic E-state index is -1.95. The predicted molar refractivity (Wildman–Crippen MR) is 56.5 cm³/mol. The van der Waals surface area contributed by atoms with Gasteiger partial charge in [0.15, 0.2) is 5.60 Å². The van der Waals surface area contributed by atoms with Crippen LogP contribution in [0.1, 0.15) is 41.0 Å². The number of carboxylic acid groups (broad SMARTS) is 1. The highest BCUT2D eigenvalue weighted by atomic mass is 16.4. The Morgan fingerprint density at radius 3 is 1.87 bits per heavy atom. The van der Waals surface area contributed by atoms with E-state index in [2.05, 4.69) is 0 Å². The highest BCUT2D eigenvalue weighted by Crippen LogP contribution is 2.29. The van der Waals surface area contributed by atoms with E-state index in [0.29, 0.717) is 0 Å². The Morgan fingerprint density at radius 2 is 1.67 bits per heavy atom. The molecule has 0 aliphatic rings. The van der Waals surface area contributed by atoms with Gasteiger partial charge in [0, 0.05) is 5.41 Å². The fourth-order valence-corrected chi connectivity index (χ4v) is 1.51. The number of carbonyl (C=O) groups is 2. The quantitative estimate of drug-likeness (QED) is 0.746. The van der Waals surface area contributed by atoms with Gasteiger partial charge in [-0.3, -0.25) is 4.79 Å². The van der Waals surface area contributed by atoms with E-state index in [-0.39, 0.29) is 12.2 Å². The van der Waals surface area contributed by atoms with Gasteiger partial charge >= 0.3 is 5.97 Å². The van der Waals surface area contributed by atoms with Gasteiger partial charge in [0.2, 0.25) is 0 Å². The van der Waals surface area contributed by atoms with Crippen molar-refractivity contribution in [3.63, 3.8) is 0 Å². The molecule has 4 nitrogen and oxygen atoms in total. The van der Waals surface area contributed by atoms with Crippen molar-refractivity contribution in [2.75, 3.05) is 0 Å². The van der Waals surface area contributed by atoms with E-state index in [1.165, 1.54) is 6.92 Å². The molecule has 0 aromatic rings. The Kier molecular flexibility index (Phi) is 4.05. The molecule has 0 aromatic heterocycles. The Balaban J connectivity index is 5.06. The molecule has 0 amide bonds. The molecule has 15 heavy (non-hydrogen) atoms. The van der Waals surface area contributed by atoms with Crippen molar-refractivity contribution in [1.82, 2.24) is 0 Å². The van der Waals surface area contributed by atoms with Gasteiger partial charge in [-0.15, -0.1) is 0 Å². The van der Waals surface area contributed by atoms with E-state index in [4.69, 9.17) is 5.11 Å². The van der Waals surface area contributed by atoms with Crippen molar-refractivity contribution >= 4 is 11.8 Å². The molecule has 0 saturated heterocycles. The van der Waals surface area contributed by atoms with E-state index in [1.807, 2.05) is 0 Å². The number of aliphatic carboxylic acids is 1. The summed E-state index contributed by atoms with van der Waals surface area (Å²) in [5.41, 5.74) is -2.59. The lowest BCUT2D eigenvalue weighted by molar-refractivity contribution is -0.169. The zero-order chi connectivity index (χ0) is 12.4. The van der Waals surface area contributed by atoms with Crippen LogP contribution in [0.4, 0.5) is 0 Å². The Labute approximate surface area is 90.3 Å². The molecule has 0 saturated carbocycles. The van der Waals surface area contributed by atoms with Crippen LogP contribution < -0.4 is 0 Å². The van der Waals surface area contributed by atoms with Crippen molar-refractivity contribution in [3.05, 3.63) is 0 Å². The number of carbonyl (C=O) groups excluding carboxylic acids is 1. The van der Waals surface area contributed by atoms with Crippen molar-refractivity contribution in [3.8, 4) is 0 Å². The van der Waals surface area contributed by atoms with E-state index < -0.39 is 22.9 Å². The van der Waals surface area contributed by atoms with Crippen LogP contribution in [0.3, 0.4) is 0 Å². The summed E-state index contributed by atoms with van der Waals surface area (Å²) in [7, 11) is 0. The number of carboxylic acids is 1. The normalized spacial score (nSPS) is 18.0. The molecule has 2 N–H and O–H groups in total. The highest BCUT2D eigenvalue weighted by molar-refractivity contribution is 5.92. The minimum absolute atomic E-state index is 0.0192. The van der Waals surface area contributed by atoms with Gasteiger partial charge < -0.3 is 10.2 Å². The maximum Gasteiger partial charge on any atom is 0.336 e. The fraction of sp³-hybridized carbons (Fsp3) is 0.818. The summed E-state index contributed by atoms with van der Waals surface area (Å²) in [5.74, 6) is -2.48. The second-order valence-electron chi connectivity index (χ2n) is 4.92. The summed E-state index contributed by atoms with van der Waals surface area (Å²) in [6.45, 7) is 8.16. The lowest BCUT2D eigenvalue weighted by Crippen LogP contribution is -2.50. The molecule has 0 aromatic carbocycles. The lowest BCUT2D eigenvalue weighted by atomic mass is 9.75. The third kappa shape index (κ3) is 2.78. The van der Waals surface area contributed by atoms with Gasteiger partial charge in [-0.1, -0.05) is 34.6 Å². The third-order valence-electron chi connectivity index (χ3n) is 2.76. The van der Waals surface area contributed by atoms with Crippen molar-refractivity contribution < 1.29 is 19.8 Å². The summed E-state index contributed by atoms with van der Waals surface area (Å²) < 4.78 is 0. The molecule has 0 radical (unpaired) electrons. The molecule has 2 unspecified atom stereocenters. The van der Waals surface area contributed by atoms with Crippen molar-refractivity contribution in [2.24, 2.45) is 11.3 Å². The first-order valence-electron chi connectivity index (χ1n) is 5.07. The average molecular weight is 216 g/mol. The van der Waals surface area contributed by atoms with Gasteiger partial charge in [0.05, 0.1) is 5.92 Å². The van der Waals surface area contributed by atoms with E-state index in [9.17, 15) is 14.7 Å². The van der Waals surface area contributed by atoms with Gasteiger partial charge in [-0.25, -0.2) is 4.79 Å². The Morgan fingerprint density at radius 1 is 1.27 bits per heavy atom. The predicted octanol–water partition coefficient (Wildman–Crippen LogP) is 1.46. The van der Waals surface area contributed by atoms with Gasteiger partial charge in [0.1, 0.15) is 5.78 Å². The maximum atomic E-state index is 11.9. The van der Waals surface area contributed by atoms with E-state index in [0.717, 1.165) is 0 Å². The van der Waals surface area contributed by atoms with Gasteiger partial charge in [-0.2, -0.15) is 0 Å². The molecular formula is C11H20O4. The first kappa shape index (κ1) is 14.1. The van der Waals surface area contributed by atoms with E-state index in [1.54, 1.807) is 27.7 Å². The Bertz CT molecular complexity index is 264. The summed E-state index contributed by atoms with van der Waals surface area (Å²) >= 11 is 0. The first-order valence-corrected chi connectivity index (χ1v) is 5.07. The first-order chi connectivity index (χ1) is 6.57. The monoisotopic (exact) mass is 216 g/mol. The van der Waals surface area contributed by atoms with Crippen molar-refractivity contribution in [1.29, 1.82) is 0 Å². The molecule has 0 aliphatic carbocycles. The third-order valence-corrected chi connectivity index (χ3v) is 2.76. The van der Waals surface area contributed by atoms with Crippen LogP contribution in [-0.2, 0) is 9.59 Å². The highest BCUT2D eigenvalue weighted by Gasteiger charge is 2.46. The second-order valence-corrected chi connectivity index (χ2v) is 4.92. The molecule has 0 rings (SSSR count). The molecule has 0 spiro atoms. The van der Waals surface area contributed by atoms with Gasteiger partial charge in [-0.05, 0) is 6.42 Å². The van der Waals surface area contributed by atoms with Crippen LogP contribution in [-0.4, -0.2) is 27.6 Å². The number of ketones is 1. The zero-order valence-corrected chi connectivity index (χ0v) is 10.00. The number of hydrogen-bond acceptors (Lipinski definition) is 3. The number of hydrogen-bond donors (Lipinski definition) is 2. The lowest BCUT2D eigenvalue weighted by Gasteiger charge is -2.32. The molecule has 0 bridgehead atoms. The van der Waals surface area contributed by atoms with Crippen LogP contribution in [0.2, 0.25) is 0 Å². The van der Waals surface area contributed by atoms with Crippen LogP contribution >= 0.6 is 0 Å². The fourth-order valence-electron chi connectivity index (χ4n) is 1.51. The summed E-state index contributed by atoms with van der Waals surface area (Å²) in [6, 6.07) is 0. The average Bonchev–Trinajstić information content (AvgIpc) is 2.12. The molecule has 0 aliphatic heterocycles.